The third-order valence-corrected chi connectivity index (χ3v) is 4.01. The summed E-state index contributed by atoms with van der Waals surface area (Å²) in [5.74, 6) is 0. The summed E-state index contributed by atoms with van der Waals surface area (Å²) in [4.78, 5) is 2.35. The molecule has 3 nitrogen and oxygen atoms in total. The Morgan fingerprint density at radius 3 is 2.63 bits per heavy atom. The zero-order valence-corrected chi connectivity index (χ0v) is 11.8. The van der Waals surface area contributed by atoms with Gasteiger partial charge in [-0.25, -0.2) is 0 Å². The van der Waals surface area contributed by atoms with Gasteiger partial charge in [-0.3, -0.25) is 4.90 Å². The number of aliphatic hydroxyl groups is 1. The largest absolute Gasteiger partial charge is 0.396 e. The molecule has 1 aliphatic rings. The summed E-state index contributed by atoms with van der Waals surface area (Å²) < 4.78 is 2.35. The van der Waals surface area contributed by atoms with Crippen LogP contribution in [0.25, 0.3) is 10.9 Å². The van der Waals surface area contributed by atoms with E-state index in [1.807, 2.05) is 0 Å². The van der Waals surface area contributed by atoms with Crippen LogP contribution in [0, 0.1) is 0 Å². The molecule has 2 aromatic rings. The molecule has 0 amide bonds. The molecule has 1 aromatic carbocycles. The van der Waals surface area contributed by atoms with Crippen molar-refractivity contribution >= 4 is 10.9 Å². The van der Waals surface area contributed by atoms with Crippen molar-refractivity contribution in [2.75, 3.05) is 13.7 Å². The average Bonchev–Trinajstić information content (AvgIpc) is 2.88. The van der Waals surface area contributed by atoms with Crippen LogP contribution in [0.4, 0.5) is 0 Å². The molecule has 2 heterocycles. The highest BCUT2D eigenvalue weighted by Gasteiger charge is 2.18. The number of aryl methyl sites for hydroxylation is 1. The molecule has 3 heteroatoms. The minimum atomic E-state index is 0.224. The highest BCUT2D eigenvalue weighted by Crippen LogP contribution is 2.30. The number of benzene rings is 1. The molecule has 0 saturated heterocycles. The fourth-order valence-corrected chi connectivity index (χ4v) is 3.18. The third kappa shape index (κ3) is 2.17. The minimum Gasteiger partial charge on any atom is -0.396 e. The van der Waals surface area contributed by atoms with Crippen molar-refractivity contribution in [1.29, 1.82) is 0 Å². The van der Waals surface area contributed by atoms with Crippen LogP contribution in [-0.4, -0.2) is 28.2 Å². The number of aromatic nitrogens is 1. The van der Waals surface area contributed by atoms with Crippen molar-refractivity contribution in [3.05, 3.63) is 35.0 Å². The molecular weight excluding hydrogens is 236 g/mol. The second-order valence-corrected chi connectivity index (χ2v) is 5.63. The predicted molar refractivity (Wildman–Crippen MR) is 78.2 cm³/mol. The quantitative estimate of drug-likeness (QED) is 0.913. The number of hydrogen-bond acceptors (Lipinski definition) is 2. The number of aliphatic hydroxyl groups excluding tert-OH is 1. The summed E-state index contributed by atoms with van der Waals surface area (Å²) in [6.07, 6.45) is 4.12. The van der Waals surface area contributed by atoms with Crippen molar-refractivity contribution in [3.63, 3.8) is 0 Å². The van der Waals surface area contributed by atoms with E-state index >= 15 is 0 Å². The maximum absolute atomic E-state index is 9.24. The van der Waals surface area contributed by atoms with Crippen LogP contribution in [0.5, 0.6) is 0 Å². The molecule has 0 fully saturated rings. The molecule has 3 rings (SSSR count). The molecule has 1 N–H and O–H groups in total. The summed E-state index contributed by atoms with van der Waals surface area (Å²) in [5.41, 5.74) is 5.52. The maximum Gasteiger partial charge on any atom is 0.0486 e. The van der Waals surface area contributed by atoms with Gasteiger partial charge in [0.2, 0.25) is 0 Å². The Bertz CT molecular complexity index is 550. The van der Waals surface area contributed by atoms with Crippen LogP contribution in [0.1, 0.15) is 30.0 Å². The van der Waals surface area contributed by atoms with Crippen LogP contribution in [-0.2, 0) is 26.1 Å². The van der Waals surface area contributed by atoms with E-state index in [4.69, 9.17) is 0 Å². The van der Waals surface area contributed by atoms with Crippen LogP contribution >= 0.6 is 0 Å². The Kier molecular flexibility index (Phi) is 3.33. The third-order valence-electron chi connectivity index (χ3n) is 4.01. The molecule has 0 aliphatic carbocycles. The molecular formula is C16H22N2O. The summed E-state index contributed by atoms with van der Waals surface area (Å²) in [6.45, 7) is 5.58. The highest BCUT2D eigenvalue weighted by molar-refractivity contribution is 5.86. The molecule has 1 aliphatic heterocycles. The number of rotatable bonds is 4. The lowest BCUT2D eigenvalue weighted by Crippen LogP contribution is -2.07. The monoisotopic (exact) mass is 258 g/mol. The first-order valence-corrected chi connectivity index (χ1v) is 7.16. The fraction of sp³-hybridized carbons (Fsp3) is 0.500. The van der Waals surface area contributed by atoms with Gasteiger partial charge in [0.25, 0.3) is 0 Å². The second kappa shape index (κ2) is 4.99. The standard InChI is InChI=1S/C16H22N2O/c1-3-5-18-11-12(4-6-19)15-7-13-9-17(2)10-14(13)8-16(15)18/h7-8,11,19H,3-6,9-10H2,1-2H3. The van der Waals surface area contributed by atoms with Gasteiger partial charge in [0.1, 0.15) is 0 Å². The maximum atomic E-state index is 9.24. The van der Waals surface area contributed by atoms with Crippen LogP contribution in [0.2, 0.25) is 0 Å². The molecule has 102 valence electrons. The zero-order chi connectivity index (χ0) is 13.4. The predicted octanol–water partition coefficient (Wildman–Crippen LogP) is 2.53. The molecule has 0 bridgehead atoms. The number of nitrogens with zero attached hydrogens (tertiary/aromatic N) is 2. The number of hydrogen-bond donors (Lipinski definition) is 1. The Balaban J connectivity index is 2.15. The van der Waals surface area contributed by atoms with E-state index < -0.39 is 0 Å². The molecule has 0 saturated carbocycles. The lowest BCUT2D eigenvalue weighted by molar-refractivity contribution is 0.300. The van der Waals surface area contributed by atoms with Crippen LogP contribution in [0.15, 0.2) is 18.3 Å². The van der Waals surface area contributed by atoms with Gasteiger partial charge in [0.05, 0.1) is 0 Å². The van der Waals surface area contributed by atoms with Gasteiger partial charge in [-0.05, 0) is 48.7 Å². The Hall–Kier alpha value is -1.32. The topological polar surface area (TPSA) is 28.4 Å². The Morgan fingerprint density at radius 2 is 1.95 bits per heavy atom. The first kappa shape index (κ1) is 12.7. The van der Waals surface area contributed by atoms with E-state index in [-0.39, 0.29) is 6.61 Å². The van der Waals surface area contributed by atoms with Gasteiger partial charge >= 0.3 is 0 Å². The lowest BCUT2D eigenvalue weighted by atomic mass is 10.0. The molecule has 0 atom stereocenters. The SMILES string of the molecule is CCCn1cc(CCO)c2cc3c(cc21)CN(C)C3. The molecule has 19 heavy (non-hydrogen) atoms. The first-order chi connectivity index (χ1) is 9.22. The van der Waals surface area contributed by atoms with Gasteiger partial charge in [0, 0.05) is 43.3 Å². The van der Waals surface area contributed by atoms with E-state index in [9.17, 15) is 5.11 Å². The first-order valence-electron chi connectivity index (χ1n) is 7.16. The summed E-state index contributed by atoms with van der Waals surface area (Å²) in [7, 11) is 2.17. The second-order valence-electron chi connectivity index (χ2n) is 5.63. The number of fused-ring (bicyclic) bond motifs is 2. The van der Waals surface area contributed by atoms with Crippen LogP contribution < -0.4 is 0 Å². The normalized spacial score (nSPS) is 15.3. The Labute approximate surface area is 114 Å². The van der Waals surface area contributed by atoms with E-state index in [2.05, 4.69) is 41.8 Å². The van der Waals surface area contributed by atoms with Gasteiger partial charge in [-0.2, -0.15) is 0 Å². The van der Waals surface area contributed by atoms with E-state index in [1.165, 1.54) is 27.6 Å². The van der Waals surface area contributed by atoms with Crippen LogP contribution in [0.3, 0.4) is 0 Å². The van der Waals surface area contributed by atoms with Crippen molar-refractivity contribution in [2.45, 2.75) is 39.4 Å². The van der Waals surface area contributed by atoms with Gasteiger partial charge in [-0.1, -0.05) is 6.92 Å². The molecule has 0 spiro atoms. The van der Waals surface area contributed by atoms with Crippen molar-refractivity contribution in [1.82, 2.24) is 9.47 Å². The van der Waals surface area contributed by atoms with Crippen molar-refractivity contribution < 1.29 is 5.11 Å². The molecule has 0 radical (unpaired) electrons. The summed E-state index contributed by atoms with van der Waals surface area (Å²) in [5, 5.41) is 10.6. The minimum absolute atomic E-state index is 0.224. The average molecular weight is 258 g/mol. The summed E-state index contributed by atoms with van der Waals surface area (Å²) in [6, 6.07) is 4.69. The highest BCUT2D eigenvalue weighted by atomic mass is 16.2. The van der Waals surface area contributed by atoms with Crippen molar-refractivity contribution in [3.8, 4) is 0 Å². The van der Waals surface area contributed by atoms with E-state index in [0.717, 1.165) is 32.5 Å². The molecule has 0 unspecified atom stereocenters. The van der Waals surface area contributed by atoms with Crippen molar-refractivity contribution in [2.24, 2.45) is 0 Å². The zero-order valence-electron chi connectivity index (χ0n) is 11.8. The fourth-order valence-electron chi connectivity index (χ4n) is 3.18. The summed E-state index contributed by atoms with van der Waals surface area (Å²) >= 11 is 0. The van der Waals surface area contributed by atoms with Gasteiger partial charge in [0.15, 0.2) is 0 Å². The lowest BCUT2D eigenvalue weighted by Gasteiger charge is -2.05. The Morgan fingerprint density at radius 1 is 1.21 bits per heavy atom. The van der Waals surface area contributed by atoms with E-state index in [0.29, 0.717) is 0 Å². The molecule has 1 aromatic heterocycles. The van der Waals surface area contributed by atoms with Gasteiger partial charge < -0.3 is 9.67 Å². The van der Waals surface area contributed by atoms with E-state index in [1.54, 1.807) is 0 Å². The van der Waals surface area contributed by atoms with Gasteiger partial charge in [-0.15, -0.1) is 0 Å². The smallest absolute Gasteiger partial charge is 0.0486 e.